The van der Waals surface area contributed by atoms with Crippen LogP contribution in [0.3, 0.4) is 0 Å². The average molecular weight is 410 g/mol. The summed E-state index contributed by atoms with van der Waals surface area (Å²) in [5.74, 6) is -0.349. The van der Waals surface area contributed by atoms with Gasteiger partial charge in [-0.05, 0) is 37.0 Å². The van der Waals surface area contributed by atoms with Crippen LogP contribution in [-0.4, -0.2) is 19.0 Å². The molecule has 0 spiro atoms. The molecule has 1 aliphatic heterocycles. The standard InChI is InChI=1S/C21H27N3O.2ClH/c1-16(20(22)17-10-4-2-5-11-17)21(25)23-18-12-6-7-13-19(18)24-14-8-3-9-15-24;;/h2,4-7,10-13,16,20H,3,8-9,14-15,22H2,1H3,(H,23,25);2*1H. The quantitative estimate of drug-likeness (QED) is 0.745. The summed E-state index contributed by atoms with van der Waals surface area (Å²) >= 11 is 0. The van der Waals surface area contributed by atoms with Gasteiger partial charge in [0.1, 0.15) is 0 Å². The lowest BCUT2D eigenvalue weighted by Gasteiger charge is -2.31. The summed E-state index contributed by atoms with van der Waals surface area (Å²) in [5, 5.41) is 3.10. The highest BCUT2D eigenvalue weighted by atomic mass is 35.5. The highest BCUT2D eigenvalue weighted by Crippen LogP contribution is 2.29. The van der Waals surface area contributed by atoms with Crippen LogP contribution in [-0.2, 0) is 4.79 Å². The number of para-hydroxylation sites is 2. The summed E-state index contributed by atoms with van der Waals surface area (Å²) in [7, 11) is 0. The zero-order chi connectivity index (χ0) is 17.6. The van der Waals surface area contributed by atoms with E-state index >= 15 is 0 Å². The Kier molecular flexibility index (Phi) is 9.64. The molecule has 1 aliphatic rings. The maximum Gasteiger partial charge on any atom is 0.229 e. The second-order valence-corrected chi connectivity index (χ2v) is 6.78. The number of rotatable bonds is 5. The van der Waals surface area contributed by atoms with Crippen molar-refractivity contribution in [3.05, 3.63) is 60.2 Å². The van der Waals surface area contributed by atoms with Crippen LogP contribution in [0.25, 0.3) is 0 Å². The van der Waals surface area contributed by atoms with Gasteiger partial charge in [-0.25, -0.2) is 0 Å². The van der Waals surface area contributed by atoms with Crippen molar-refractivity contribution in [2.75, 3.05) is 23.3 Å². The van der Waals surface area contributed by atoms with E-state index in [2.05, 4.69) is 16.3 Å². The molecule has 27 heavy (non-hydrogen) atoms. The smallest absolute Gasteiger partial charge is 0.229 e. The fourth-order valence-corrected chi connectivity index (χ4v) is 3.36. The zero-order valence-corrected chi connectivity index (χ0v) is 17.3. The summed E-state index contributed by atoms with van der Waals surface area (Å²) in [6.07, 6.45) is 3.70. The molecular weight excluding hydrogens is 381 g/mol. The molecule has 0 bridgehead atoms. The third-order valence-electron chi connectivity index (χ3n) is 5.00. The first kappa shape index (κ1) is 23.3. The van der Waals surface area contributed by atoms with Crippen LogP contribution in [0, 0.1) is 5.92 Å². The highest BCUT2D eigenvalue weighted by molar-refractivity contribution is 5.96. The SMILES string of the molecule is CC(C(=O)Nc1ccccc1N1CCCCC1)C(N)c1ccccc1.Cl.Cl. The Balaban J connectivity index is 0.00000182. The molecule has 2 unspecified atom stereocenters. The van der Waals surface area contributed by atoms with E-state index in [1.807, 2.05) is 55.5 Å². The van der Waals surface area contributed by atoms with Crippen LogP contribution in [0.15, 0.2) is 54.6 Å². The minimum absolute atomic E-state index is 0. The van der Waals surface area contributed by atoms with Gasteiger partial charge in [0, 0.05) is 19.1 Å². The van der Waals surface area contributed by atoms with Crippen LogP contribution in [0.2, 0.25) is 0 Å². The van der Waals surface area contributed by atoms with E-state index < -0.39 is 0 Å². The first-order valence-corrected chi connectivity index (χ1v) is 9.12. The first-order valence-electron chi connectivity index (χ1n) is 9.12. The lowest BCUT2D eigenvalue weighted by molar-refractivity contribution is -0.120. The van der Waals surface area contributed by atoms with Crippen LogP contribution in [0.1, 0.15) is 37.8 Å². The fourth-order valence-electron chi connectivity index (χ4n) is 3.36. The topological polar surface area (TPSA) is 58.4 Å². The average Bonchev–Trinajstić information content (AvgIpc) is 2.68. The number of anilines is 2. The third-order valence-corrected chi connectivity index (χ3v) is 5.00. The summed E-state index contributed by atoms with van der Waals surface area (Å²) in [5.41, 5.74) is 9.27. The maximum atomic E-state index is 12.8. The number of amides is 1. The molecule has 2 aromatic rings. The summed E-state index contributed by atoms with van der Waals surface area (Å²) in [4.78, 5) is 15.1. The van der Waals surface area contributed by atoms with Crippen molar-refractivity contribution in [3.8, 4) is 0 Å². The maximum absolute atomic E-state index is 12.8. The number of hydrogen-bond donors (Lipinski definition) is 2. The Morgan fingerprint density at radius 2 is 1.56 bits per heavy atom. The zero-order valence-electron chi connectivity index (χ0n) is 15.6. The fraction of sp³-hybridized carbons (Fsp3) is 0.381. The van der Waals surface area contributed by atoms with Gasteiger partial charge in [0.2, 0.25) is 5.91 Å². The number of nitrogens with one attached hydrogen (secondary N) is 1. The number of carbonyl (C=O) groups is 1. The number of piperidine rings is 1. The molecule has 2 atom stereocenters. The highest BCUT2D eigenvalue weighted by Gasteiger charge is 2.23. The Morgan fingerprint density at radius 3 is 2.22 bits per heavy atom. The summed E-state index contributed by atoms with van der Waals surface area (Å²) < 4.78 is 0. The molecule has 6 heteroatoms. The Bertz CT molecular complexity index is 706. The summed E-state index contributed by atoms with van der Waals surface area (Å²) in [6, 6.07) is 17.5. The number of nitrogens with zero attached hydrogens (tertiary/aromatic N) is 1. The van der Waals surface area contributed by atoms with E-state index in [0.29, 0.717) is 0 Å². The molecule has 0 aliphatic carbocycles. The van der Waals surface area contributed by atoms with Gasteiger partial charge in [-0.3, -0.25) is 4.79 Å². The third kappa shape index (κ3) is 5.86. The molecule has 1 fully saturated rings. The predicted octanol–water partition coefficient (Wildman–Crippen LogP) is 4.80. The van der Waals surface area contributed by atoms with Gasteiger partial charge in [0.25, 0.3) is 0 Å². The van der Waals surface area contributed by atoms with E-state index in [0.717, 1.165) is 30.0 Å². The molecular formula is C21H29Cl2N3O. The Labute approximate surface area is 174 Å². The van der Waals surface area contributed by atoms with Crippen LogP contribution < -0.4 is 16.0 Å². The van der Waals surface area contributed by atoms with Crippen molar-refractivity contribution in [1.82, 2.24) is 0 Å². The van der Waals surface area contributed by atoms with Gasteiger partial charge in [-0.15, -0.1) is 24.8 Å². The molecule has 1 heterocycles. The van der Waals surface area contributed by atoms with E-state index in [4.69, 9.17) is 5.73 Å². The number of nitrogens with two attached hydrogens (primary N) is 1. The number of carbonyl (C=O) groups excluding carboxylic acids is 1. The largest absolute Gasteiger partial charge is 0.370 e. The van der Waals surface area contributed by atoms with Crippen molar-refractivity contribution in [1.29, 1.82) is 0 Å². The molecule has 0 aromatic heterocycles. The normalized spacial score (nSPS) is 15.7. The van der Waals surface area contributed by atoms with E-state index in [1.165, 1.54) is 19.3 Å². The van der Waals surface area contributed by atoms with Gasteiger partial charge in [0.15, 0.2) is 0 Å². The molecule has 1 saturated heterocycles. The van der Waals surface area contributed by atoms with Gasteiger partial charge < -0.3 is 16.0 Å². The van der Waals surface area contributed by atoms with E-state index in [-0.39, 0.29) is 42.7 Å². The molecule has 3 N–H and O–H groups in total. The van der Waals surface area contributed by atoms with Gasteiger partial charge >= 0.3 is 0 Å². The Hall–Kier alpha value is -1.75. The molecule has 4 nitrogen and oxygen atoms in total. The summed E-state index contributed by atoms with van der Waals surface area (Å²) in [6.45, 7) is 3.98. The van der Waals surface area contributed by atoms with Crippen LogP contribution in [0.4, 0.5) is 11.4 Å². The molecule has 0 radical (unpaired) electrons. The monoisotopic (exact) mass is 409 g/mol. The van der Waals surface area contributed by atoms with Crippen molar-refractivity contribution < 1.29 is 4.79 Å². The molecule has 0 saturated carbocycles. The predicted molar refractivity (Wildman–Crippen MR) is 118 cm³/mol. The number of halogens is 2. The number of benzene rings is 2. The van der Waals surface area contributed by atoms with Crippen LogP contribution in [0.5, 0.6) is 0 Å². The number of hydrogen-bond acceptors (Lipinski definition) is 3. The lowest BCUT2D eigenvalue weighted by atomic mass is 9.94. The van der Waals surface area contributed by atoms with Crippen LogP contribution >= 0.6 is 24.8 Å². The Morgan fingerprint density at radius 1 is 0.963 bits per heavy atom. The molecule has 148 valence electrons. The van der Waals surface area contributed by atoms with Gasteiger partial charge in [-0.1, -0.05) is 49.4 Å². The van der Waals surface area contributed by atoms with Crippen molar-refractivity contribution in [3.63, 3.8) is 0 Å². The molecule has 2 aromatic carbocycles. The minimum atomic E-state index is -0.316. The molecule has 1 amide bonds. The van der Waals surface area contributed by atoms with E-state index in [9.17, 15) is 4.79 Å². The second kappa shape index (κ2) is 11.2. The minimum Gasteiger partial charge on any atom is -0.370 e. The van der Waals surface area contributed by atoms with Gasteiger partial charge in [-0.2, -0.15) is 0 Å². The molecule has 3 rings (SSSR count). The second-order valence-electron chi connectivity index (χ2n) is 6.78. The van der Waals surface area contributed by atoms with Crippen molar-refractivity contribution in [2.45, 2.75) is 32.2 Å². The first-order chi connectivity index (χ1) is 12.2. The van der Waals surface area contributed by atoms with E-state index in [1.54, 1.807) is 0 Å². The van der Waals surface area contributed by atoms with Crippen molar-refractivity contribution in [2.24, 2.45) is 11.7 Å². The lowest BCUT2D eigenvalue weighted by Crippen LogP contribution is -2.33. The van der Waals surface area contributed by atoms with Gasteiger partial charge in [0.05, 0.1) is 17.3 Å². The van der Waals surface area contributed by atoms with Crippen molar-refractivity contribution >= 4 is 42.1 Å².